The number of aliphatic hydroxyl groups excluding tert-OH is 1. The monoisotopic (exact) mass is 514 g/mol. The van der Waals surface area contributed by atoms with Gasteiger partial charge in [0.2, 0.25) is 5.78 Å². The quantitative estimate of drug-likeness (QED) is 0.277. The Hall–Kier alpha value is -3.24. The van der Waals surface area contributed by atoms with Crippen molar-refractivity contribution in [3.05, 3.63) is 83.3 Å². The molecule has 2 atom stereocenters. The zero-order valence-corrected chi connectivity index (χ0v) is 21.8. The molecule has 36 heavy (non-hydrogen) atoms. The van der Waals surface area contributed by atoms with E-state index >= 15 is 0 Å². The number of aromatic nitrogens is 2. The Labute approximate surface area is 217 Å². The molecule has 9 heteroatoms. The first-order chi connectivity index (χ1) is 16.7. The van der Waals surface area contributed by atoms with E-state index in [2.05, 4.69) is 15.3 Å². The fourth-order valence-corrected chi connectivity index (χ4v) is 4.34. The minimum atomic E-state index is -1.07. The number of carbonyl (C=O) groups is 1. The fourth-order valence-electron chi connectivity index (χ4n) is 3.39. The van der Waals surface area contributed by atoms with Crippen molar-refractivity contribution < 1.29 is 22.4 Å². The molecule has 0 spiro atoms. The van der Waals surface area contributed by atoms with E-state index < -0.39 is 16.9 Å². The molecule has 0 fully saturated rings. The van der Waals surface area contributed by atoms with Crippen molar-refractivity contribution in [2.75, 3.05) is 6.54 Å². The van der Waals surface area contributed by atoms with Crippen molar-refractivity contribution in [1.82, 2.24) is 15.3 Å². The molecule has 0 aliphatic carbocycles. The first-order valence-electron chi connectivity index (χ1n) is 11.5. The van der Waals surface area contributed by atoms with Gasteiger partial charge in [-0.25, -0.2) is 4.98 Å². The van der Waals surface area contributed by atoms with Crippen LogP contribution in [-0.2, 0) is 17.3 Å². The van der Waals surface area contributed by atoms with E-state index in [0.717, 1.165) is 21.6 Å². The zero-order chi connectivity index (χ0) is 25.5. The Bertz CT molecular complexity index is 1230. The number of nitrogens with two attached hydrogens (primary N) is 1. The summed E-state index contributed by atoms with van der Waals surface area (Å²) in [6.07, 6.45) is 2.59. The standard InChI is InChI=1S/C27H32N4O3S.H2O.2H2/c1-17(2)35(34)23-11-9-22(10-12-23)25-16-30-19(4)27(31-25)26(33)13-24(28)21-7-5-20(6-8-21)15-29-14-18(3)32;;;/h5-13,16-18,29,32H,14-15,28H2,1-4H3;1H2;2*1H. The van der Waals surface area contributed by atoms with Crippen LogP contribution >= 0.6 is 0 Å². The van der Waals surface area contributed by atoms with Gasteiger partial charge in [0.1, 0.15) is 5.69 Å². The largest absolute Gasteiger partial charge is 0.412 e. The average Bonchev–Trinajstić information content (AvgIpc) is 2.84. The van der Waals surface area contributed by atoms with E-state index in [9.17, 15) is 14.1 Å². The van der Waals surface area contributed by atoms with Crippen LogP contribution in [0.15, 0.2) is 65.7 Å². The highest BCUT2D eigenvalue weighted by molar-refractivity contribution is 7.85. The SMILES string of the molecule is Cc1ncc(-c2ccc(S(=O)C(C)C)cc2)nc1C(=O)C=C(N)c1ccc(CNCC(C)O)cc1.O.[HH].[HH]. The molecule has 3 aromatic rings. The summed E-state index contributed by atoms with van der Waals surface area (Å²) in [5.41, 5.74) is 10.4. The maximum atomic E-state index is 13.0. The first-order valence-corrected chi connectivity index (χ1v) is 12.7. The van der Waals surface area contributed by atoms with E-state index in [1.54, 1.807) is 20.0 Å². The predicted molar refractivity (Wildman–Crippen MR) is 148 cm³/mol. The van der Waals surface area contributed by atoms with E-state index in [-0.39, 0.29) is 25.1 Å². The Morgan fingerprint density at radius 1 is 1.14 bits per heavy atom. The van der Waals surface area contributed by atoms with Gasteiger partial charge in [0.15, 0.2) is 0 Å². The summed E-state index contributed by atoms with van der Waals surface area (Å²) >= 11 is 0. The zero-order valence-electron chi connectivity index (χ0n) is 21.0. The summed E-state index contributed by atoms with van der Waals surface area (Å²) in [6, 6.07) is 14.9. The van der Waals surface area contributed by atoms with Crippen molar-refractivity contribution in [3.8, 4) is 11.3 Å². The second-order valence-electron chi connectivity index (χ2n) is 8.70. The van der Waals surface area contributed by atoms with E-state index in [1.165, 1.54) is 6.08 Å². The van der Waals surface area contributed by atoms with Gasteiger partial charge in [-0.1, -0.05) is 50.2 Å². The van der Waals surface area contributed by atoms with Crippen LogP contribution in [0.2, 0.25) is 0 Å². The lowest BCUT2D eigenvalue weighted by atomic mass is 10.1. The predicted octanol–water partition coefficient (Wildman–Crippen LogP) is 3.29. The third kappa shape index (κ3) is 7.63. The molecule has 0 bridgehead atoms. The number of rotatable bonds is 10. The van der Waals surface area contributed by atoms with Crippen LogP contribution in [0, 0.1) is 6.92 Å². The third-order valence-electron chi connectivity index (χ3n) is 5.34. The molecule has 0 saturated heterocycles. The number of nitrogens with one attached hydrogen (secondary N) is 1. The number of aliphatic hydroxyl groups is 1. The second-order valence-corrected chi connectivity index (χ2v) is 10.7. The van der Waals surface area contributed by atoms with Crippen molar-refractivity contribution >= 4 is 22.3 Å². The van der Waals surface area contributed by atoms with Gasteiger partial charge in [-0.15, -0.1) is 0 Å². The Morgan fingerprint density at radius 2 is 1.78 bits per heavy atom. The Kier molecular flexibility index (Phi) is 10.6. The first kappa shape index (κ1) is 29.0. The van der Waals surface area contributed by atoms with Crippen molar-refractivity contribution in [1.29, 1.82) is 0 Å². The molecule has 1 aromatic heterocycles. The van der Waals surface area contributed by atoms with E-state index in [0.29, 0.717) is 30.2 Å². The lowest BCUT2D eigenvalue weighted by molar-refractivity contribution is 0.104. The van der Waals surface area contributed by atoms with Crippen LogP contribution in [0.4, 0.5) is 0 Å². The number of nitrogens with zero attached hydrogens (tertiary/aromatic N) is 2. The number of hydrogen-bond donors (Lipinski definition) is 3. The molecule has 3 rings (SSSR count). The van der Waals surface area contributed by atoms with Gasteiger partial charge in [-0.05, 0) is 37.1 Å². The van der Waals surface area contributed by atoms with E-state index in [1.807, 2.05) is 62.4 Å². The molecule has 0 aliphatic heterocycles. The lowest BCUT2D eigenvalue weighted by Gasteiger charge is -2.09. The summed E-state index contributed by atoms with van der Waals surface area (Å²) in [6.45, 7) is 8.43. The summed E-state index contributed by atoms with van der Waals surface area (Å²) in [5, 5.41) is 12.5. The van der Waals surface area contributed by atoms with Gasteiger partial charge in [0.05, 0.1) is 34.5 Å². The average molecular weight is 515 g/mol. The highest BCUT2D eigenvalue weighted by Crippen LogP contribution is 2.21. The summed E-state index contributed by atoms with van der Waals surface area (Å²) in [5.74, 6) is -0.324. The van der Waals surface area contributed by atoms with Crippen LogP contribution in [0.25, 0.3) is 17.0 Å². The molecule has 0 radical (unpaired) electrons. The minimum Gasteiger partial charge on any atom is -0.412 e. The maximum absolute atomic E-state index is 13.0. The van der Waals surface area contributed by atoms with E-state index in [4.69, 9.17) is 5.73 Å². The maximum Gasteiger partial charge on any atom is 0.208 e. The number of allylic oxidation sites excluding steroid dienone is 1. The van der Waals surface area contributed by atoms with Gasteiger partial charge >= 0.3 is 0 Å². The topological polar surface area (TPSA) is 150 Å². The highest BCUT2D eigenvalue weighted by atomic mass is 32.2. The van der Waals surface area contributed by atoms with Gasteiger partial charge in [0, 0.05) is 43.4 Å². The number of hydrogen-bond acceptors (Lipinski definition) is 7. The number of ketones is 1. The lowest BCUT2D eigenvalue weighted by Crippen LogP contribution is -2.23. The molecule has 0 amide bonds. The number of carbonyl (C=O) groups excluding carboxylic acids is 1. The smallest absolute Gasteiger partial charge is 0.208 e. The molecular formula is C27H38N4O4S. The Balaban J connectivity index is 0.00000456. The third-order valence-corrected chi connectivity index (χ3v) is 6.94. The molecule has 8 nitrogen and oxygen atoms in total. The summed E-state index contributed by atoms with van der Waals surface area (Å²) in [4.78, 5) is 22.6. The van der Waals surface area contributed by atoms with Crippen molar-refractivity contribution in [3.63, 3.8) is 0 Å². The van der Waals surface area contributed by atoms with Gasteiger partial charge in [-0.3, -0.25) is 14.0 Å². The molecule has 1 heterocycles. The Morgan fingerprint density at radius 3 is 2.36 bits per heavy atom. The molecule has 6 N–H and O–H groups in total. The van der Waals surface area contributed by atoms with Crippen LogP contribution in [0.5, 0.6) is 0 Å². The summed E-state index contributed by atoms with van der Waals surface area (Å²) < 4.78 is 12.3. The molecule has 2 unspecified atom stereocenters. The molecule has 0 saturated carbocycles. The van der Waals surface area contributed by atoms with Gasteiger partial charge < -0.3 is 21.6 Å². The second kappa shape index (κ2) is 13.2. The van der Waals surface area contributed by atoms with Crippen molar-refractivity contribution in [2.24, 2.45) is 5.73 Å². The van der Waals surface area contributed by atoms with Gasteiger partial charge in [-0.2, -0.15) is 0 Å². The summed E-state index contributed by atoms with van der Waals surface area (Å²) in [7, 11) is -1.07. The van der Waals surface area contributed by atoms with Crippen molar-refractivity contribution in [2.45, 2.75) is 50.5 Å². The van der Waals surface area contributed by atoms with Gasteiger partial charge in [0.25, 0.3) is 0 Å². The number of aryl methyl sites for hydroxylation is 1. The molecule has 0 aliphatic rings. The van der Waals surface area contributed by atoms with Crippen LogP contribution in [0.1, 0.15) is 50.9 Å². The fraction of sp³-hybridized carbons (Fsp3) is 0.296. The van der Waals surface area contributed by atoms with Crippen LogP contribution in [-0.4, -0.2) is 48.4 Å². The minimum absolute atomic E-state index is 0. The number of benzene rings is 2. The molecule has 2 aromatic carbocycles. The van der Waals surface area contributed by atoms with Crippen LogP contribution < -0.4 is 11.1 Å². The highest BCUT2D eigenvalue weighted by Gasteiger charge is 2.14. The molecular weight excluding hydrogens is 476 g/mol. The normalized spacial score (nSPS) is 13.2. The molecule has 196 valence electrons. The van der Waals surface area contributed by atoms with Crippen LogP contribution in [0.3, 0.4) is 0 Å².